The topological polar surface area (TPSA) is 93.9 Å². The van der Waals surface area contributed by atoms with E-state index in [2.05, 4.69) is 5.32 Å². The van der Waals surface area contributed by atoms with Gasteiger partial charge in [0.05, 0.1) is 13.1 Å². The maximum Gasteiger partial charge on any atom is 0.277 e. The van der Waals surface area contributed by atoms with Crippen LogP contribution in [0.2, 0.25) is 0 Å². The third-order valence-electron chi connectivity index (χ3n) is 4.26. The SMILES string of the molecule is NCC(F)(F)CNC(=O)C1CCCN1C(=O)c1ccc2c(c1)OCO2. The molecule has 1 aromatic carbocycles. The molecular formula is C16H19F2N3O4. The highest BCUT2D eigenvalue weighted by Crippen LogP contribution is 2.33. The van der Waals surface area contributed by atoms with Crippen LogP contribution in [0.15, 0.2) is 18.2 Å². The van der Waals surface area contributed by atoms with Gasteiger partial charge in [0.2, 0.25) is 12.7 Å². The van der Waals surface area contributed by atoms with Crippen LogP contribution in [-0.2, 0) is 4.79 Å². The normalized spacial score (nSPS) is 19.2. The van der Waals surface area contributed by atoms with Crippen LogP contribution in [0, 0.1) is 0 Å². The van der Waals surface area contributed by atoms with Gasteiger partial charge in [0.25, 0.3) is 11.8 Å². The quantitative estimate of drug-likeness (QED) is 0.812. The summed E-state index contributed by atoms with van der Waals surface area (Å²) in [5, 5.41) is 2.19. The number of carbonyl (C=O) groups excluding carboxylic acids is 2. The molecule has 0 spiro atoms. The first kappa shape index (κ1) is 17.4. The average Bonchev–Trinajstić information content (AvgIpc) is 3.27. The molecule has 1 fully saturated rings. The fraction of sp³-hybridized carbons (Fsp3) is 0.500. The number of likely N-dealkylation sites (tertiary alicyclic amines) is 1. The molecule has 3 rings (SSSR count). The van der Waals surface area contributed by atoms with Gasteiger partial charge in [-0.3, -0.25) is 9.59 Å². The molecule has 3 N–H and O–H groups in total. The molecule has 2 heterocycles. The molecule has 136 valence electrons. The Balaban J connectivity index is 1.68. The van der Waals surface area contributed by atoms with Gasteiger partial charge in [-0.05, 0) is 31.0 Å². The Morgan fingerprint density at radius 1 is 1.32 bits per heavy atom. The monoisotopic (exact) mass is 355 g/mol. The summed E-state index contributed by atoms with van der Waals surface area (Å²) < 4.78 is 36.9. The van der Waals surface area contributed by atoms with Crippen molar-refractivity contribution in [3.8, 4) is 11.5 Å². The molecule has 9 heteroatoms. The van der Waals surface area contributed by atoms with Gasteiger partial charge >= 0.3 is 0 Å². The number of rotatable bonds is 5. The zero-order valence-corrected chi connectivity index (χ0v) is 13.5. The molecule has 2 aliphatic heterocycles. The molecule has 2 amide bonds. The summed E-state index contributed by atoms with van der Waals surface area (Å²) in [6, 6.07) is 4.00. The van der Waals surface area contributed by atoms with Gasteiger partial charge in [-0.25, -0.2) is 8.78 Å². The molecule has 0 aromatic heterocycles. The van der Waals surface area contributed by atoms with Crippen LogP contribution >= 0.6 is 0 Å². The van der Waals surface area contributed by atoms with E-state index in [1.807, 2.05) is 0 Å². The summed E-state index contributed by atoms with van der Waals surface area (Å²) in [5.41, 5.74) is 5.31. The van der Waals surface area contributed by atoms with Crippen LogP contribution in [0.3, 0.4) is 0 Å². The summed E-state index contributed by atoms with van der Waals surface area (Å²) in [6.45, 7) is -1.21. The zero-order chi connectivity index (χ0) is 18.0. The molecule has 1 saturated heterocycles. The molecule has 7 nitrogen and oxygen atoms in total. The largest absolute Gasteiger partial charge is 0.454 e. The van der Waals surface area contributed by atoms with Crippen molar-refractivity contribution in [2.24, 2.45) is 5.73 Å². The lowest BCUT2D eigenvalue weighted by atomic mass is 10.1. The smallest absolute Gasteiger partial charge is 0.277 e. The van der Waals surface area contributed by atoms with Gasteiger partial charge in [0.15, 0.2) is 11.5 Å². The summed E-state index contributed by atoms with van der Waals surface area (Å²) >= 11 is 0. The fourth-order valence-corrected chi connectivity index (χ4v) is 2.88. The van der Waals surface area contributed by atoms with Crippen molar-refractivity contribution >= 4 is 11.8 Å². The van der Waals surface area contributed by atoms with Gasteiger partial charge in [0.1, 0.15) is 6.04 Å². The van der Waals surface area contributed by atoms with Crippen LogP contribution in [0.4, 0.5) is 8.78 Å². The molecular weight excluding hydrogens is 336 g/mol. The lowest BCUT2D eigenvalue weighted by Crippen LogP contribution is -2.49. The van der Waals surface area contributed by atoms with Crippen molar-refractivity contribution in [2.45, 2.75) is 24.8 Å². The number of amides is 2. The van der Waals surface area contributed by atoms with Crippen molar-refractivity contribution in [1.29, 1.82) is 0 Å². The van der Waals surface area contributed by atoms with E-state index in [4.69, 9.17) is 15.2 Å². The summed E-state index contributed by atoms with van der Waals surface area (Å²) in [5.74, 6) is -3.09. The first-order chi connectivity index (χ1) is 11.9. The number of hydrogen-bond acceptors (Lipinski definition) is 5. The summed E-state index contributed by atoms with van der Waals surface area (Å²) in [7, 11) is 0. The number of carbonyl (C=O) groups is 2. The molecule has 1 aromatic rings. The number of nitrogens with two attached hydrogens (primary N) is 1. The maximum absolute atomic E-state index is 13.2. The van der Waals surface area contributed by atoms with Crippen LogP contribution < -0.4 is 20.5 Å². The van der Waals surface area contributed by atoms with Crippen LogP contribution in [0.1, 0.15) is 23.2 Å². The maximum atomic E-state index is 13.2. The molecule has 0 saturated carbocycles. The number of ether oxygens (including phenoxy) is 2. The number of hydrogen-bond donors (Lipinski definition) is 2. The van der Waals surface area contributed by atoms with E-state index in [0.717, 1.165) is 0 Å². The lowest BCUT2D eigenvalue weighted by Gasteiger charge is -2.25. The predicted molar refractivity (Wildman–Crippen MR) is 83.6 cm³/mol. The lowest BCUT2D eigenvalue weighted by molar-refractivity contribution is -0.126. The third kappa shape index (κ3) is 3.65. The molecule has 2 aliphatic rings. The fourth-order valence-electron chi connectivity index (χ4n) is 2.88. The number of fused-ring (bicyclic) bond motifs is 1. The Morgan fingerprint density at radius 2 is 2.08 bits per heavy atom. The van der Waals surface area contributed by atoms with E-state index >= 15 is 0 Å². The van der Waals surface area contributed by atoms with E-state index in [9.17, 15) is 18.4 Å². The minimum atomic E-state index is -3.17. The number of nitrogens with zero attached hydrogens (tertiary/aromatic N) is 1. The predicted octanol–water partition coefficient (Wildman–Crippen LogP) is 0.730. The van der Waals surface area contributed by atoms with Crippen molar-refractivity contribution in [3.63, 3.8) is 0 Å². The molecule has 0 aliphatic carbocycles. The van der Waals surface area contributed by atoms with Crippen molar-refractivity contribution in [1.82, 2.24) is 10.2 Å². The summed E-state index contributed by atoms with van der Waals surface area (Å²) in [6.07, 6.45) is 1.05. The highest BCUT2D eigenvalue weighted by atomic mass is 19.3. The standard InChI is InChI=1S/C16H19F2N3O4/c17-16(18,7-19)8-20-14(22)11-2-1-5-21(11)15(23)10-3-4-12-13(6-10)25-9-24-12/h3-4,6,11H,1-2,5,7-9,19H2,(H,20,22). The zero-order valence-electron chi connectivity index (χ0n) is 13.5. The second-order valence-corrected chi connectivity index (χ2v) is 6.00. The molecule has 0 bridgehead atoms. The Labute approximate surface area is 143 Å². The number of benzene rings is 1. The van der Waals surface area contributed by atoms with Crippen molar-refractivity contribution < 1.29 is 27.8 Å². The number of halogens is 2. The highest BCUT2D eigenvalue weighted by Gasteiger charge is 2.36. The van der Waals surface area contributed by atoms with E-state index < -0.39 is 31.0 Å². The van der Waals surface area contributed by atoms with Gasteiger partial charge in [-0.1, -0.05) is 0 Å². The Kier molecular flexibility index (Phi) is 4.76. The first-order valence-corrected chi connectivity index (χ1v) is 7.97. The van der Waals surface area contributed by atoms with Gasteiger partial charge in [-0.2, -0.15) is 0 Å². The number of alkyl halides is 2. The van der Waals surface area contributed by atoms with Gasteiger partial charge < -0.3 is 25.4 Å². The third-order valence-corrected chi connectivity index (χ3v) is 4.26. The summed E-state index contributed by atoms with van der Waals surface area (Å²) in [4.78, 5) is 26.3. The Hall–Kier alpha value is -2.42. The highest BCUT2D eigenvalue weighted by molar-refractivity contribution is 5.98. The Bertz CT molecular complexity index is 683. The first-order valence-electron chi connectivity index (χ1n) is 7.97. The molecule has 1 unspecified atom stereocenters. The van der Waals surface area contributed by atoms with Gasteiger partial charge in [0, 0.05) is 12.1 Å². The van der Waals surface area contributed by atoms with E-state index in [1.165, 1.54) is 4.90 Å². The van der Waals surface area contributed by atoms with Crippen molar-refractivity contribution in [2.75, 3.05) is 26.4 Å². The molecule has 1 atom stereocenters. The van der Waals surface area contributed by atoms with Crippen molar-refractivity contribution in [3.05, 3.63) is 23.8 Å². The number of nitrogens with one attached hydrogen (secondary N) is 1. The van der Waals surface area contributed by atoms with Crippen LogP contribution in [0.25, 0.3) is 0 Å². The van der Waals surface area contributed by atoms with E-state index in [-0.39, 0.29) is 12.7 Å². The second kappa shape index (κ2) is 6.83. The van der Waals surface area contributed by atoms with Gasteiger partial charge in [-0.15, -0.1) is 0 Å². The second-order valence-electron chi connectivity index (χ2n) is 6.00. The van der Waals surface area contributed by atoms with Crippen LogP contribution in [-0.4, -0.2) is 55.1 Å². The molecule has 25 heavy (non-hydrogen) atoms. The minimum absolute atomic E-state index is 0.0943. The van der Waals surface area contributed by atoms with E-state index in [0.29, 0.717) is 36.4 Å². The Morgan fingerprint density at radius 3 is 2.84 bits per heavy atom. The van der Waals surface area contributed by atoms with E-state index in [1.54, 1.807) is 18.2 Å². The average molecular weight is 355 g/mol. The molecule has 0 radical (unpaired) electrons. The van der Waals surface area contributed by atoms with Crippen LogP contribution in [0.5, 0.6) is 11.5 Å². The minimum Gasteiger partial charge on any atom is -0.454 e.